The van der Waals surface area contributed by atoms with Crippen LogP contribution in [-0.2, 0) is 6.18 Å². The van der Waals surface area contributed by atoms with Gasteiger partial charge in [-0.15, -0.1) is 0 Å². The topological polar surface area (TPSA) is 61.6 Å². The highest BCUT2D eigenvalue weighted by molar-refractivity contribution is 9.28. The molecule has 0 radical (unpaired) electrons. The molecule has 2 rings (SSSR count). The van der Waals surface area contributed by atoms with Crippen LogP contribution in [0.15, 0.2) is 39.8 Å². The van der Waals surface area contributed by atoms with E-state index in [1.54, 1.807) is 6.08 Å². The van der Waals surface area contributed by atoms with Gasteiger partial charge in [-0.25, -0.2) is 0 Å². The van der Waals surface area contributed by atoms with Crippen LogP contribution in [0.4, 0.5) is 18.9 Å². The summed E-state index contributed by atoms with van der Waals surface area (Å²) in [6.07, 6.45) is -3.24. The van der Waals surface area contributed by atoms with Crippen LogP contribution in [0.3, 0.4) is 0 Å². The van der Waals surface area contributed by atoms with E-state index in [1.807, 2.05) is 0 Å². The lowest BCUT2D eigenvalue weighted by Gasteiger charge is -2.16. The Hall–Kier alpha value is -1.49. The Labute approximate surface area is 183 Å². The molecule has 28 heavy (non-hydrogen) atoms. The third-order valence-electron chi connectivity index (χ3n) is 3.15. The first kappa shape index (κ1) is 22.8. The lowest BCUT2D eigenvalue weighted by atomic mass is 10.1. The zero-order valence-electron chi connectivity index (χ0n) is 13.4. The van der Waals surface area contributed by atoms with Crippen LogP contribution in [0.1, 0.15) is 5.56 Å². The number of benzene rings is 2. The molecule has 150 valence electrons. The second kappa shape index (κ2) is 9.34. The number of hydrogen-bond acceptors (Lipinski definition) is 4. The maximum Gasteiger partial charge on any atom is 0.420 e. The zero-order chi connectivity index (χ0) is 21.1. The Morgan fingerprint density at radius 3 is 2.29 bits per heavy atom. The van der Waals surface area contributed by atoms with Crippen LogP contribution >= 0.6 is 55.1 Å². The average Bonchev–Trinajstić information content (AvgIpc) is 2.57. The summed E-state index contributed by atoms with van der Waals surface area (Å²) in [5.74, 6) is -0.659. The fourth-order valence-electron chi connectivity index (χ4n) is 1.97. The fraction of sp³-hybridized carbons (Fsp3) is 0.125. The maximum atomic E-state index is 13.3. The van der Waals surface area contributed by atoms with Crippen LogP contribution in [0.25, 0.3) is 0 Å². The fourth-order valence-corrected chi connectivity index (χ4v) is 2.78. The van der Waals surface area contributed by atoms with Crippen molar-refractivity contribution >= 4 is 60.7 Å². The summed E-state index contributed by atoms with van der Waals surface area (Å²) in [4.78, 5) is 9.82. The van der Waals surface area contributed by atoms with E-state index in [9.17, 15) is 23.3 Å². The van der Waals surface area contributed by atoms with Crippen molar-refractivity contribution in [3.05, 3.63) is 65.5 Å². The molecule has 2 aromatic carbocycles. The van der Waals surface area contributed by atoms with E-state index in [0.717, 1.165) is 12.1 Å². The van der Waals surface area contributed by atoms with Gasteiger partial charge in [0.25, 0.3) is 5.69 Å². The van der Waals surface area contributed by atoms with Gasteiger partial charge in [0.15, 0.2) is 5.75 Å². The molecule has 0 heterocycles. The van der Waals surface area contributed by atoms with Gasteiger partial charge in [0, 0.05) is 24.3 Å². The molecule has 0 aromatic heterocycles. The highest BCUT2D eigenvalue weighted by Gasteiger charge is 2.36. The van der Waals surface area contributed by atoms with Gasteiger partial charge in [0.05, 0.1) is 18.4 Å². The molecule has 0 aliphatic rings. The summed E-state index contributed by atoms with van der Waals surface area (Å²) in [6.45, 7) is 0.166. The number of halogens is 7. The van der Waals surface area contributed by atoms with Crippen molar-refractivity contribution in [1.29, 1.82) is 0 Å². The molecule has 0 aliphatic heterocycles. The van der Waals surface area contributed by atoms with E-state index in [1.165, 1.54) is 12.1 Å². The number of nitro benzene ring substituents is 1. The van der Waals surface area contributed by atoms with Crippen LogP contribution in [-0.4, -0.2) is 11.5 Å². The standard InChI is InChI=1S/C16H8Br2Cl2F3NO4/c17-14(18)3-4-27-9-6-11(19)15(12(20)7-9)28-13-2-1-8(24(25)26)5-10(13)16(21,22)23/h1-3,5-7H,4H2. The van der Waals surface area contributed by atoms with Gasteiger partial charge in [0.2, 0.25) is 0 Å². The first-order chi connectivity index (χ1) is 13.0. The summed E-state index contributed by atoms with van der Waals surface area (Å²) in [5.41, 5.74) is -2.06. The van der Waals surface area contributed by atoms with Crippen molar-refractivity contribution in [3.8, 4) is 17.2 Å². The minimum Gasteiger partial charge on any atom is -0.489 e. The molecule has 0 atom stereocenters. The molecule has 0 saturated carbocycles. The quantitative estimate of drug-likeness (QED) is 0.266. The van der Waals surface area contributed by atoms with Crippen LogP contribution in [0.5, 0.6) is 17.2 Å². The summed E-state index contributed by atoms with van der Waals surface area (Å²) < 4.78 is 51.1. The molecule has 0 spiro atoms. The van der Waals surface area contributed by atoms with E-state index in [2.05, 4.69) is 31.9 Å². The second-order valence-corrected chi connectivity index (χ2v) is 8.65. The van der Waals surface area contributed by atoms with E-state index < -0.39 is 28.1 Å². The monoisotopic (exact) mass is 563 g/mol. The Morgan fingerprint density at radius 2 is 1.79 bits per heavy atom. The van der Waals surface area contributed by atoms with E-state index >= 15 is 0 Å². The van der Waals surface area contributed by atoms with Gasteiger partial charge in [-0.2, -0.15) is 13.2 Å². The van der Waals surface area contributed by atoms with E-state index in [4.69, 9.17) is 32.7 Å². The second-order valence-electron chi connectivity index (χ2n) is 5.06. The van der Waals surface area contributed by atoms with E-state index in [-0.39, 0.29) is 28.2 Å². The van der Waals surface area contributed by atoms with Crippen molar-refractivity contribution in [1.82, 2.24) is 0 Å². The lowest BCUT2D eigenvalue weighted by molar-refractivity contribution is -0.385. The van der Waals surface area contributed by atoms with Crippen molar-refractivity contribution in [2.45, 2.75) is 6.18 Å². The third-order valence-corrected chi connectivity index (χ3v) is 4.36. The highest BCUT2D eigenvalue weighted by atomic mass is 79.9. The largest absolute Gasteiger partial charge is 0.489 e. The first-order valence-corrected chi connectivity index (χ1v) is 9.49. The molecule has 0 unspecified atom stereocenters. The third kappa shape index (κ3) is 6.00. The molecular formula is C16H8Br2Cl2F3NO4. The number of ether oxygens (including phenoxy) is 2. The van der Waals surface area contributed by atoms with Crippen LogP contribution < -0.4 is 9.47 Å². The normalized spacial score (nSPS) is 11.1. The summed E-state index contributed by atoms with van der Waals surface area (Å²) in [5, 5.41) is 10.6. The molecular weight excluding hydrogens is 558 g/mol. The highest BCUT2D eigenvalue weighted by Crippen LogP contribution is 2.44. The molecule has 0 aliphatic carbocycles. The lowest BCUT2D eigenvalue weighted by Crippen LogP contribution is -2.08. The van der Waals surface area contributed by atoms with Gasteiger partial charge in [-0.05, 0) is 44.0 Å². The number of hydrogen-bond donors (Lipinski definition) is 0. The van der Waals surface area contributed by atoms with Gasteiger partial charge < -0.3 is 9.47 Å². The first-order valence-electron chi connectivity index (χ1n) is 7.15. The number of nitrogens with zero attached hydrogens (tertiary/aromatic N) is 1. The van der Waals surface area contributed by atoms with Gasteiger partial charge in [0.1, 0.15) is 23.7 Å². The van der Waals surface area contributed by atoms with Crippen molar-refractivity contribution in [3.63, 3.8) is 0 Å². The molecule has 0 amide bonds. The molecule has 0 saturated heterocycles. The Bertz CT molecular complexity index is 912. The van der Waals surface area contributed by atoms with Crippen LogP contribution in [0.2, 0.25) is 10.0 Å². The van der Waals surface area contributed by atoms with Gasteiger partial charge in [-0.1, -0.05) is 23.2 Å². The van der Waals surface area contributed by atoms with Gasteiger partial charge in [-0.3, -0.25) is 10.1 Å². The minimum absolute atomic E-state index is 0.101. The Kier molecular flexibility index (Phi) is 7.60. The number of rotatable bonds is 6. The molecule has 0 N–H and O–H groups in total. The SMILES string of the molecule is O=[N+]([O-])c1ccc(Oc2c(Cl)cc(OCC=C(Br)Br)cc2Cl)c(C(F)(F)F)c1. The summed E-state index contributed by atoms with van der Waals surface area (Å²) in [7, 11) is 0. The molecule has 0 fully saturated rings. The summed E-state index contributed by atoms with van der Waals surface area (Å²) >= 11 is 18.4. The average molecular weight is 566 g/mol. The molecule has 5 nitrogen and oxygen atoms in total. The van der Waals surface area contributed by atoms with Crippen molar-refractivity contribution in [2.24, 2.45) is 0 Å². The van der Waals surface area contributed by atoms with Crippen molar-refractivity contribution in [2.75, 3.05) is 6.61 Å². The number of nitro groups is 1. The molecule has 12 heteroatoms. The maximum absolute atomic E-state index is 13.3. The molecule has 0 bridgehead atoms. The smallest absolute Gasteiger partial charge is 0.420 e. The predicted molar refractivity (Wildman–Crippen MR) is 106 cm³/mol. The zero-order valence-corrected chi connectivity index (χ0v) is 18.1. The van der Waals surface area contributed by atoms with Crippen LogP contribution in [0, 0.1) is 10.1 Å². The van der Waals surface area contributed by atoms with Gasteiger partial charge >= 0.3 is 6.18 Å². The summed E-state index contributed by atoms with van der Waals surface area (Å²) in [6, 6.07) is 4.72. The Morgan fingerprint density at radius 1 is 1.18 bits per heavy atom. The number of non-ortho nitro benzene ring substituents is 1. The minimum atomic E-state index is -4.89. The molecule has 2 aromatic rings. The van der Waals surface area contributed by atoms with E-state index in [0.29, 0.717) is 9.46 Å². The predicted octanol–water partition coefficient (Wildman–Crippen LogP) is 7.72. The Balaban J connectivity index is 2.37. The van der Waals surface area contributed by atoms with Crippen molar-refractivity contribution < 1.29 is 27.6 Å². The number of alkyl halides is 3.